The molecule has 96 valence electrons. The minimum Gasteiger partial charge on any atom is -0.340 e. The van der Waals surface area contributed by atoms with Crippen molar-refractivity contribution in [3.63, 3.8) is 0 Å². The largest absolute Gasteiger partial charge is 0.340 e. The molecule has 1 aliphatic heterocycles. The van der Waals surface area contributed by atoms with Crippen molar-refractivity contribution in [2.24, 2.45) is 0 Å². The van der Waals surface area contributed by atoms with Crippen LogP contribution in [0.5, 0.6) is 0 Å². The summed E-state index contributed by atoms with van der Waals surface area (Å²) in [6.45, 7) is 3.29. The first kappa shape index (κ1) is 12.0. The highest BCUT2D eigenvalue weighted by Gasteiger charge is 2.37. The third-order valence-electron chi connectivity index (χ3n) is 3.84. The number of benzene rings is 1. The Kier molecular flexibility index (Phi) is 3.04. The first-order chi connectivity index (χ1) is 8.75. The Morgan fingerprint density at radius 1 is 1.44 bits per heavy atom. The molecule has 0 radical (unpaired) electrons. The van der Waals surface area contributed by atoms with Crippen LogP contribution in [0.15, 0.2) is 18.2 Å². The number of fused-ring (bicyclic) bond motifs is 1. The number of para-hydroxylation sites is 1. The van der Waals surface area contributed by atoms with Crippen molar-refractivity contribution in [2.45, 2.75) is 38.1 Å². The van der Waals surface area contributed by atoms with Gasteiger partial charge in [-0.1, -0.05) is 31.0 Å². The summed E-state index contributed by atoms with van der Waals surface area (Å²) in [6.07, 6.45) is 4.63. The average molecular weight is 264 g/mol. The maximum Gasteiger partial charge on any atom is 0.127 e. The fourth-order valence-electron chi connectivity index (χ4n) is 2.99. The Morgan fingerprint density at radius 2 is 2.33 bits per heavy atom. The van der Waals surface area contributed by atoms with Crippen LogP contribution in [0.2, 0.25) is 5.02 Å². The number of aromatic nitrogens is 2. The van der Waals surface area contributed by atoms with Crippen molar-refractivity contribution in [2.75, 3.05) is 6.54 Å². The van der Waals surface area contributed by atoms with Crippen molar-refractivity contribution in [3.05, 3.63) is 29.0 Å². The average Bonchev–Trinajstić information content (AvgIpc) is 2.97. The van der Waals surface area contributed by atoms with Gasteiger partial charge in [-0.15, -0.1) is 0 Å². The van der Waals surface area contributed by atoms with Crippen molar-refractivity contribution < 1.29 is 0 Å². The number of imidazole rings is 1. The minimum absolute atomic E-state index is 0.0249. The van der Waals surface area contributed by atoms with Gasteiger partial charge in [-0.05, 0) is 37.9 Å². The molecule has 0 bridgehead atoms. The van der Waals surface area contributed by atoms with Gasteiger partial charge in [0.15, 0.2) is 0 Å². The molecule has 1 atom stereocenters. The van der Waals surface area contributed by atoms with Gasteiger partial charge in [0.1, 0.15) is 11.3 Å². The van der Waals surface area contributed by atoms with Gasteiger partial charge in [0.2, 0.25) is 0 Å². The SMILES string of the molecule is CCCC1(c2nc3c(Cl)cccc3[nH]2)CCCN1. The first-order valence-corrected chi connectivity index (χ1v) is 7.03. The molecule has 0 spiro atoms. The van der Waals surface area contributed by atoms with Crippen LogP contribution < -0.4 is 5.32 Å². The summed E-state index contributed by atoms with van der Waals surface area (Å²) in [7, 11) is 0. The van der Waals surface area contributed by atoms with E-state index < -0.39 is 0 Å². The van der Waals surface area contributed by atoms with Crippen molar-refractivity contribution >= 4 is 22.6 Å². The zero-order chi connectivity index (χ0) is 12.6. The van der Waals surface area contributed by atoms with Crippen LogP contribution in [0.1, 0.15) is 38.4 Å². The van der Waals surface area contributed by atoms with Gasteiger partial charge < -0.3 is 10.3 Å². The summed E-state index contributed by atoms with van der Waals surface area (Å²) in [5.41, 5.74) is 1.94. The Labute approximate surface area is 112 Å². The maximum atomic E-state index is 6.20. The van der Waals surface area contributed by atoms with Crippen LogP contribution in [-0.2, 0) is 5.54 Å². The molecule has 1 aliphatic rings. The lowest BCUT2D eigenvalue weighted by atomic mass is 9.91. The summed E-state index contributed by atoms with van der Waals surface area (Å²) in [5.74, 6) is 1.05. The van der Waals surface area contributed by atoms with E-state index in [2.05, 4.69) is 17.2 Å². The van der Waals surface area contributed by atoms with Crippen LogP contribution in [0.4, 0.5) is 0 Å². The van der Waals surface area contributed by atoms with E-state index in [9.17, 15) is 0 Å². The highest BCUT2D eigenvalue weighted by atomic mass is 35.5. The molecule has 4 heteroatoms. The molecule has 0 aliphatic carbocycles. The Bertz CT molecular complexity index is 555. The van der Waals surface area contributed by atoms with E-state index in [-0.39, 0.29) is 5.54 Å². The van der Waals surface area contributed by atoms with Crippen molar-refractivity contribution in [1.29, 1.82) is 0 Å². The standard InChI is InChI=1S/C14H18ClN3/c1-2-7-14(8-4-9-16-14)13-17-11-6-3-5-10(15)12(11)18-13/h3,5-6,16H,2,4,7-9H2,1H3,(H,17,18). The fourth-order valence-corrected chi connectivity index (χ4v) is 3.21. The number of hydrogen-bond donors (Lipinski definition) is 2. The highest BCUT2D eigenvalue weighted by molar-refractivity contribution is 6.34. The predicted octanol–water partition coefficient (Wildman–Crippen LogP) is 3.60. The van der Waals surface area contributed by atoms with Gasteiger partial charge in [0.25, 0.3) is 0 Å². The maximum absolute atomic E-state index is 6.20. The van der Waals surface area contributed by atoms with E-state index in [0.29, 0.717) is 0 Å². The molecule has 1 unspecified atom stereocenters. The number of nitrogens with zero attached hydrogens (tertiary/aromatic N) is 1. The van der Waals surface area contributed by atoms with Gasteiger partial charge in [-0.3, -0.25) is 0 Å². The molecule has 2 heterocycles. The van der Waals surface area contributed by atoms with Crippen LogP contribution in [0.3, 0.4) is 0 Å². The Hall–Kier alpha value is -1.06. The van der Waals surface area contributed by atoms with Gasteiger partial charge in [0, 0.05) is 0 Å². The van der Waals surface area contributed by atoms with E-state index in [1.807, 2.05) is 18.2 Å². The van der Waals surface area contributed by atoms with E-state index >= 15 is 0 Å². The van der Waals surface area contributed by atoms with E-state index in [1.165, 1.54) is 6.42 Å². The predicted molar refractivity (Wildman–Crippen MR) is 74.9 cm³/mol. The van der Waals surface area contributed by atoms with Crippen LogP contribution in [0.25, 0.3) is 11.0 Å². The van der Waals surface area contributed by atoms with E-state index in [0.717, 1.165) is 47.7 Å². The van der Waals surface area contributed by atoms with Crippen LogP contribution in [0, 0.1) is 0 Å². The molecule has 1 aromatic carbocycles. The zero-order valence-electron chi connectivity index (χ0n) is 10.6. The molecule has 2 N–H and O–H groups in total. The third kappa shape index (κ3) is 1.82. The number of hydrogen-bond acceptors (Lipinski definition) is 2. The van der Waals surface area contributed by atoms with Crippen LogP contribution >= 0.6 is 11.6 Å². The highest BCUT2D eigenvalue weighted by Crippen LogP contribution is 2.35. The third-order valence-corrected chi connectivity index (χ3v) is 4.14. The lowest BCUT2D eigenvalue weighted by Gasteiger charge is -2.26. The monoisotopic (exact) mass is 263 g/mol. The van der Waals surface area contributed by atoms with E-state index in [1.54, 1.807) is 0 Å². The normalized spacial score (nSPS) is 23.9. The van der Waals surface area contributed by atoms with Gasteiger partial charge in [-0.2, -0.15) is 0 Å². The first-order valence-electron chi connectivity index (χ1n) is 6.65. The molecule has 2 aromatic rings. The topological polar surface area (TPSA) is 40.7 Å². The minimum atomic E-state index is 0.0249. The second-order valence-electron chi connectivity index (χ2n) is 5.08. The molecule has 18 heavy (non-hydrogen) atoms. The number of nitrogens with one attached hydrogen (secondary N) is 2. The lowest BCUT2D eigenvalue weighted by molar-refractivity contribution is 0.338. The van der Waals surface area contributed by atoms with Gasteiger partial charge in [-0.25, -0.2) is 4.98 Å². The fraction of sp³-hybridized carbons (Fsp3) is 0.500. The Morgan fingerprint density at radius 3 is 3.00 bits per heavy atom. The smallest absolute Gasteiger partial charge is 0.127 e. The second kappa shape index (κ2) is 4.56. The lowest BCUT2D eigenvalue weighted by Crippen LogP contribution is -2.37. The quantitative estimate of drug-likeness (QED) is 0.888. The number of aromatic amines is 1. The number of H-pyrrole nitrogens is 1. The summed E-state index contributed by atoms with van der Waals surface area (Å²) < 4.78 is 0. The summed E-state index contributed by atoms with van der Waals surface area (Å²) in [6, 6.07) is 5.89. The summed E-state index contributed by atoms with van der Waals surface area (Å²) >= 11 is 6.20. The molecule has 1 aromatic heterocycles. The summed E-state index contributed by atoms with van der Waals surface area (Å²) in [4.78, 5) is 8.18. The zero-order valence-corrected chi connectivity index (χ0v) is 11.3. The molecular formula is C14H18ClN3. The van der Waals surface area contributed by atoms with E-state index in [4.69, 9.17) is 16.6 Å². The second-order valence-corrected chi connectivity index (χ2v) is 5.49. The molecule has 1 fully saturated rings. The number of halogens is 1. The molecule has 0 amide bonds. The molecular weight excluding hydrogens is 246 g/mol. The molecule has 3 nitrogen and oxygen atoms in total. The summed E-state index contributed by atoms with van der Waals surface area (Å²) in [5, 5.41) is 4.35. The number of rotatable bonds is 3. The van der Waals surface area contributed by atoms with Crippen molar-refractivity contribution in [3.8, 4) is 0 Å². The van der Waals surface area contributed by atoms with Crippen molar-refractivity contribution in [1.82, 2.24) is 15.3 Å². The molecule has 3 rings (SSSR count). The Balaban J connectivity index is 2.09. The van der Waals surface area contributed by atoms with Crippen LogP contribution in [-0.4, -0.2) is 16.5 Å². The molecule has 0 saturated carbocycles. The van der Waals surface area contributed by atoms with Gasteiger partial charge in [0.05, 0.1) is 16.1 Å². The molecule has 1 saturated heterocycles. The van der Waals surface area contributed by atoms with Gasteiger partial charge >= 0.3 is 0 Å².